The molecule has 18 heavy (non-hydrogen) atoms. The molecule has 0 unspecified atom stereocenters. The molecular formula is C12H15BrF2N2O. The van der Waals surface area contributed by atoms with Crippen molar-refractivity contribution in [2.75, 3.05) is 6.54 Å². The Balaban J connectivity index is 3.00. The fourth-order valence-corrected chi connectivity index (χ4v) is 1.91. The second-order valence-corrected chi connectivity index (χ2v) is 5.14. The van der Waals surface area contributed by atoms with Crippen LogP contribution in [0.3, 0.4) is 0 Å². The molecule has 0 bridgehead atoms. The molecule has 0 heterocycles. The molecule has 0 spiro atoms. The Morgan fingerprint density at radius 1 is 1.44 bits per heavy atom. The van der Waals surface area contributed by atoms with Gasteiger partial charge in [-0.1, -0.05) is 0 Å². The number of hydrogen-bond acceptors (Lipinski definition) is 2. The smallest absolute Gasteiger partial charge is 0.231 e. The van der Waals surface area contributed by atoms with Gasteiger partial charge in [0, 0.05) is 18.2 Å². The van der Waals surface area contributed by atoms with E-state index in [1.807, 2.05) is 13.8 Å². The van der Waals surface area contributed by atoms with Crippen LogP contribution in [0.5, 0.6) is 0 Å². The van der Waals surface area contributed by atoms with Gasteiger partial charge in [0.05, 0.1) is 11.0 Å². The van der Waals surface area contributed by atoms with E-state index in [0.29, 0.717) is 0 Å². The third-order valence-corrected chi connectivity index (χ3v) is 3.20. The second kappa shape index (κ2) is 6.24. The van der Waals surface area contributed by atoms with E-state index in [1.54, 1.807) is 4.90 Å². The molecule has 1 rings (SSSR count). The van der Waals surface area contributed by atoms with Crippen LogP contribution in [-0.2, 0) is 11.3 Å². The lowest BCUT2D eigenvalue weighted by atomic mass is 10.1. The van der Waals surface area contributed by atoms with E-state index in [2.05, 4.69) is 15.9 Å². The molecule has 1 aromatic rings. The zero-order valence-corrected chi connectivity index (χ0v) is 11.8. The summed E-state index contributed by atoms with van der Waals surface area (Å²) in [6.45, 7) is 3.62. The topological polar surface area (TPSA) is 46.3 Å². The first kappa shape index (κ1) is 15.0. The minimum absolute atomic E-state index is 0.00227. The lowest BCUT2D eigenvalue weighted by Crippen LogP contribution is -2.38. The zero-order chi connectivity index (χ0) is 13.9. The van der Waals surface area contributed by atoms with Gasteiger partial charge in [0.1, 0.15) is 11.6 Å². The first-order valence-corrected chi connectivity index (χ1v) is 6.27. The maximum atomic E-state index is 13.8. The predicted octanol–water partition coefficient (Wildman–Crippen LogP) is 2.42. The maximum Gasteiger partial charge on any atom is 0.231 e. The molecule has 1 amide bonds. The minimum atomic E-state index is -0.648. The summed E-state index contributed by atoms with van der Waals surface area (Å²) in [4.78, 5) is 12.5. The van der Waals surface area contributed by atoms with Gasteiger partial charge in [0.15, 0.2) is 0 Å². The van der Waals surface area contributed by atoms with Crippen LogP contribution in [0.2, 0.25) is 0 Å². The van der Waals surface area contributed by atoms with Crippen molar-refractivity contribution in [2.24, 2.45) is 5.73 Å². The summed E-state index contributed by atoms with van der Waals surface area (Å²) in [6, 6.07) is 2.45. The molecule has 0 aliphatic rings. The third-order valence-electron chi connectivity index (χ3n) is 2.59. The number of benzene rings is 1. The van der Waals surface area contributed by atoms with Crippen LogP contribution in [0.15, 0.2) is 16.6 Å². The molecule has 3 nitrogen and oxygen atoms in total. The summed E-state index contributed by atoms with van der Waals surface area (Å²) in [6.07, 6.45) is 0. The normalized spacial score (nSPS) is 11.3. The molecule has 2 N–H and O–H groups in total. The van der Waals surface area contributed by atoms with Crippen LogP contribution in [0.1, 0.15) is 19.4 Å². The SMILES string of the molecule is CC(C)N(CC(N)=O)Cc1c(F)ccc(Br)c1F. The Morgan fingerprint density at radius 3 is 2.56 bits per heavy atom. The molecule has 0 saturated heterocycles. The molecule has 100 valence electrons. The number of nitrogens with two attached hydrogens (primary N) is 1. The molecule has 0 radical (unpaired) electrons. The summed E-state index contributed by atoms with van der Waals surface area (Å²) in [7, 11) is 0. The van der Waals surface area contributed by atoms with Crippen molar-refractivity contribution in [2.45, 2.75) is 26.4 Å². The Kier molecular flexibility index (Phi) is 5.22. The second-order valence-electron chi connectivity index (χ2n) is 4.29. The fraction of sp³-hybridized carbons (Fsp3) is 0.417. The highest BCUT2D eigenvalue weighted by atomic mass is 79.9. The van der Waals surface area contributed by atoms with Gasteiger partial charge in [0.25, 0.3) is 0 Å². The van der Waals surface area contributed by atoms with Crippen molar-refractivity contribution in [1.29, 1.82) is 0 Å². The van der Waals surface area contributed by atoms with Gasteiger partial charge < -0.3 is 5.73 Å². The van der Waals surface area contributed by atoms with E-state index < -0.39 is 17.5 Å². The van der Waals surface area contributed by atoms with Crippen molar-refractivity contribution < 1.29 is 13.6 Å². The van der Waals surface area contributed by atoms with E-state index in [0.717, 1.165) is 0 Å². The summed E-state index contributed by atoms with van der Waals surface area (Å²) >= 11 is 3.01. The molecule has 0 atom stereocenters. The highest BCUT2D eigenvalue weighted by Gasteiger charge is 2.19. The molecule has 0 aromatic heterocycles. The van der Waals surface area contributed by atoms with Crippen LogP contribution in [0.4, 0.5) is 8.78 Å². The van der Waals surface area contributed by atoms with E-state index in [4.69, 9.17) is 5.73 Å². The fourth-order valence-electron chi connectivity index (χ4n) is 1.54. The van der Waals surface area contributed by atoms with Gasteiger partial charge in [0.2, 0.25) is 5.91 Å². The van der Waals surface area contributed by atoms with Crippen molar-refractivity contribution in [3.8, 4) is 0 Å². The lowest BCUT2D eigenvalue weighted by Gasteiger charge is -2.25. The summed E-state index contributed by atoms with van der Waals surface area (Å²) in [5, 5.41) is 0. The monoisotopic (exact) mass is 320 g/mol. The standard InChI is InChI=1S/C12H15BrF2N2O/c1-7(2)17(6-11(16)18)5-8-10(14)4-3-9(13)12(8)15/h3-4,7H,5-6H2,1-2H3,(H2,16,18). The molecular weight excluding hydrogens is 306 g/mol. The number of carbonyl (C=O) groups excluding carboxylic acids is 1. The summed E-state index contributed by atoms with van der Waals surface area (Å²) in [5.41, 5.74) is 5.04. The van der Waals surface area contributed by atoms with Crippen molar-refractivity contribution in [1.82, 2.24) is 4.90 Å². The molecule has 0 fully saturated rings. The minimum Gasteiger partial charge on any atom is -0.369 e. The van der Waals surface area contributed by atoms with Crippen molar-refractivity contribution >= 4 is 21.8 Å². The zero-order valence-electron chi connectivity index (χ0n) is 10.2. The van der Waals surface area contributed by atoms with E-state index in [1.165, 1.54) is 12.1 Å². The van der Waals surface area contributed by atoms with Crippen molar-refractivity contribution in [3.05, 3.63) is 33.8 Å². The van der Waals surface area contributed by atoms with Crippen LogP contribution < -0.4 is 5.73 Å². The largest absolute Gasteiger partial charge is 0.369 e. The summed E-state index contributed by atoms with van der Waals surface area (Å²) < 4.78 is 27.6. The van der Waals surface area contributed by atoms with Gasteiger partial charge in [-0.15, -0.1) is 0 Å². The van der Waals surface area contributed by atoms with Gasteiger partial charge in [-0.3, -0.25) is 9.69 Å². The number of carbonyl (C=O) groups is 1. The van der Waals surface area contributed by atoms with Crippen LogP contribution in [-0.4, -0.2) is 23.4 Å². The Hall–Kier alpha value is -1.01. The number of primary amides is 1. The predicted molar refractivity (Wildman–Crippen MR) is 68.8 cm³/mol. The van der Waals surface area contributed by atoms with Crippen LogP contribution in [0, 0.1) is 11.6 Å². The Labute approximate surface area is 113 Å². The van der Waals surface area contributed by atoms with Gasteiger partial charge in [-0.25, -0.2) is 8.78 Å². The first-order chi connectivity index (χ1) is 8.32. The first-order valence-electron chi connectivity index (χ1n) is 5.47. The number of amides is 1. The lowest BCUT2D eigenvalue weighted by molar-refractivity contribution is -0.119. The van der Waals surface area contributed by atoms with Gasteiger partial charge in [-0.2, -0.15) is 0 Å². The van der Waals surface area contributed by atoms with Gasteiger partial charge >= 0.3 is 0 Å². The number of halogens is 3. The molecule has 0 saturated carbocycles. The summed E-state index contributed by atoms with van der Waals surface area (Å²) in [5.74, 6) is -1.81. The number of rotatable bonds is 5. The average molecular weight is 321 g/mol. The van der Waals surface area contributed by atoms with Gasteiger partial charge in [-0.05, 0) is 41.9 Å². The highest BCUT2D eigenvalue weighted by molar-refractivity contribution is 9.10. The Morgan fingerprint density at radius 2 is 2.06 bits per heavy atom. The van der Waals surface area contributed by atoms with E-state index in [-0.39, 0.29) is 29.2 Å². The number of hydrogen-bond donors (Lipinski definition) is 1. The van der Waals surface area contributed by atoms with Crippen molar-refractivity contribution in [3.63, 3.8) is 0 Å². The quantitative estimate of drug-likeness (QED) is 0.847. The average Bonchev–Trinajstić information content (AvgIpc) is 2.27. The molecule has 6 heteroatoms. The molecule has 0 aliphatic carbocycles. The maximum absolute atomic E-state index is 13.8. The van der Waals surface area contributed by atoms with E-state index >= 15 is 0 Å². The van der Waals surface area contributed by atoms with Crippen LogP contribution in [0.25, 0.3) is 0 Å². The molecule has 0 aliphatic heterocycles. The number of nitrogens with zero attached hydrogens (tertiary/aromatic N) is 1. The van der Waals surface area contributed by atoms with Crippen LogP contribution >= 0.6 is 15.9 Å². The highest BCUT2D eigenvalue weighted by Crippen LogP contribution is 2.23. The third kappa shape index (κ3) is 3.74. The Bertz CT molecular complexity index is 452. The van der Waals surface area contributed by atoms with E-state index in [9.17, 15) is 13.6 Å². The molecule has 1 aromatic carbocycles.